The van der Waals surface area contributed by atoms with Gasteiger partial charge in [-0.15, -0.1) is 0 Å². The largest absolute Gasteiger partial charge is 0.497 e. The third-order valence-electron chi connectivity index (χ3n) is 10.4. The van der Waals surface area contributed by atoms with E-state index in [4.69, 9.17) is 47.4 Å². The molecule has 0 heterocycles. The molecule has 0 fully saturated rings. The van der Waals surface area contributed by atoms with Crippen LogP contribution in [0, 0.1) is 0 Å². The molecule has 0 saturated heterocycles. The van der Waals surface area contributed by atoms with Crippen molar-refractivity contribution in [1.82, 2.24) is 0 Å². The maximum absolute atomic E-state index is 11.6. The topological polar surface area (TPSA) is 178 Å². The van der Waals surface area contributed by atoms with Gasteiger partial charge in [0.05, 0.1) is 95.9 Å². The Kier molecular flexibility index (Phi) is 36.5. The summed E-state index contributed by atoms with van der Waals surface area (Å²) in [6.07, 6.45) is 10.3. The van der Waals surface area contributed by atoms with Crippen molar-refractivity contribution in [2.75, 3.05) is 62.0 Å². The van der Waals surface area contributed by atoms with E-state index in [0.29, 0.717) is 54.2 Å². The van der Waals surface area contributed by atoms with Gasteiger partial charge in [0, 0.05) is 0 Å². The van der Waals surface area contributed by atoms with E-state index >= 15 is 0 Å². The standard InChI is InChI=1S/C14H20O3.C13H18O3.C12H16O3.2C11H14O3/c1-3-4-5-6-11-17-14(15)12-7-9-13(16-2)10-8-12;1-3-4-5-10-16-13(14)11-6-8-12(15-2)9-7-11;1-3-4-9-15-12(13)10-5-7-11(14-2)8-6-10;1-8(2)14-11(12)9-4-6-10(13-3)7-5-9;1-3-8-14-11(12)9-4-6-10(13-2)7-5-9/h7-10H,3-6,11H2,1-2H3;6-9H,3-5,10H2,1-2H3;5-8H,3-4,9H2,1-2H3;4-8H,1-3H3;4-7H,3,8H2,1-2H3. The molecule has 0 radical (unpaired) electrons. The van der Waals surface area contributed by atoms with E-state index in [-0.39, 0.29) is 36.0 Å². The summed E-state index contributed by atoms with van der Waals surface area (Å²) in [5.41, 5.74) is 2.80. The molecule has 15 heteroatoms. The van der Waals surface area contributed by atoms with Crippen molar-refractivity contribution >= 4 is 29.8 Å². The lowest BCUT2D eigenvalue weighted by molar-refractivity contribution is 0.0375. The van der Waals surface area contributed by atoms with Crippen LogP contribution in [0.5, 0.6) is 28.7 Å². The van der Waals surface area contributed by atoms with Crippen molar-refractivity contribution in [3.8, 4) is 28.7 Å². The van der Waals surface area contributed by atoms with Crippen LogP contribution in [0.3, 0.4) is 0 Å². The SMILES string of the molecule is CCCCCCOC(=O)c1ccc(OC)cc1.CCCCCOC(=O)c1ccc(OC)cc1.CCCCOC(=O)c1ccc(OC)cc1.CCCOC(=O)c1ccc(OC)cc1.COc1ccc(C(=O)OC(C)C)cc1. The Balaban J connectivity index is 0.000000476. The van der Waals surface area contributed by atoms with Gasteiger partial charge < -0.3 is 47.4 Å². The molecule has 0 unspecified atom stereocenters. The highest BCUT2D eigenvalue weighted by atomic mass is 16.6. The van der Waals surface area contributed by atoms with Gasteiger partial charge in [-0.1, -0.05) is 66.2 Å². The van der Waals surface area contributed by atoms with E-state index in [1.165, 1.54) is 12.8 Å². The molecule has 0 aliphatic rings. The van der Waals surface area contributed by atoms with Crippen LogP contribution < -0.4 is 23.7 Å². The Morgan fingerprint density at radius 3 is 0.789 bits per heavy atom. The van der Waals surface area contributed by atoms with E-state index in [0.717, 1.165) is 80.1 Å². The molecule has 0 atom stereocenters. The second-order valence-electron chi connectivity index (χ2n) is 16.8. The molecule has 0 spiro atoms. The maximum Gasteiger partial charge on any atom is 0.338 e. The highest BCUT2D eigenvalue weighted by Crippen LogP contribution is 2.16. The molecular formula is C61H82O15. The summed E-state index contributed by atoms with van der Waals surface area (Å²) in [7, 11) is 7.96. The Labute approximate surface area is 451 Å². The first-order valence-electron chi connectivity index (χ1n) is 25.8. The predicted molar refractivity (Wildman–Crippen MR) is 296 cm³/mol. The van der Waals surface area contributed by atoms with Crippen LogP contribution in [0.25, 0.3) is 0 Å². The first-order chi connectivity index (χ1) is 36.7. The first-order valence-corrected chi connectivity index (χ1v) is 25.8. The van der Waals surface area contributed by atoms with Crippen molar-refractivity contribution in [3.05, 3.63) is 149 Å². The van der Waals surface area contributed by atoms with Crippen LogP contribution in [-0.2, 0) is 23.7 Å². The van der Waals surface area contributed by atoms with E-state index < -0.39 is 0 Å². The van der Waals surface area contributed by atoms with Crippen molar-refractivity contribution in [2.24, 2.45) is 0 Å². The van der Waals surface area contributed by atoms with Gasteiger partial charge in [-0.05, 0) is 161 Å². The molecule has 0 aliphatic heterocycles. The van der Waals surface area contributed by atoms with Crippen LogP contribution in [0.4, 0.5) is 0 Å². The van der Waals surface area contributed by atoms with Crippen LogP contribution in [-0.4, -0.2) is 97.9 Å². The molecule has 5 rings (SSSR count). The lowest BCUT2D eigenvalue weighted by Crippen LogP contribution is -2.11. The molecule has 0 aromatic heterocycles. The van der Waals surface area contributed by atoms with Crippen molar-refractivity contribution in [1.29, 1.82) is 0 Å². The molecule has 0 amide bonds. The number of hydrogen-bond acceptors (Lipinski definition) is 15. The molecule has 76 heavy (non-hydrogen) atoms. The minimum absolute atomic E-state index is 0.0930. The first kappa shape index (κ1) is 66.5. The van der Waals surface area contributed by atoms with Crippen molar-refractivity contribution in [3.63, 3.8) is 0 Å². The minimum Gasteiger partial charge on any atom is -0.497 e. The molecule has 0 saturated carbocycles. The van der Waals surface area contributed by atoms with E-state index in [2.05, 4.69) is 20.8 Å². The average molecular weight is 1060 g/mol. The van der Waals surface area contributed by atoms with Crippen LogP contribution in [0.2, 0.25) is 0 Å². The smallest absolute Gasteiger partial charge is 0.338 e. The molecule has 0 N–H and O–H groups in total. The molecule has 5 aromatic rings. The fraction of sp³-hybridized carbons (Fsp3) is 0.426. The van der Waals surface area contributed by atoms with Crippen LogP contribution in [0.1, 0.15) is 158 Å². The van der Waals surface area contributed by atoms with Crippen molar-refractivity contribution < 1.29 is 71.3 Å². The third-order valence-corrected chi connectivity index (χ3v) is 10.4. The zero-order valence-electron chi connectivity index (χ0n) is 46.6. The molecule has 15 nitrogen and oxygen atoms in total. The fourth-order valence-electron chi connectivity index (χ4n) is 5.97. The summed E-state index contributed by atoms with van der Waals surface area (Å²) < 4.78 is 50.3. The summed E-state index contributed by atoms with van der Waals surface area (Å²) in [5.74, 6) is 2.29. The molecule has 0 aliphatic carbocycles. The van der Waals surface area contributed by atoms with Gasteiger partial charge in [0.25, 0.3) is 0 Å². The maximum atomic E-state index is 11.6. The molecule has 5 aromatic carbocycles. The number of benzene rings is 5. The highest BCUT2D eigenvalue weighted by Gasteiger charge is 2.11. The number of hydrogen-bond donors (Lipinski definition) is 0. The molecular weight excluding hydrogens is 973 g/mol. The van der Waals surface area contributed by atoms with Crippen LogP contribution >= 0.6 is 0 Å². The predicted octanol–water partition coefficient (Wildman–Crippen LogP) is 13.6. The summed E-state index contributed by atoms with van der Waals surface area (Å²) >= 11 is 0. The van der Waals surface area contributed by atoms with Gasteiger partial charge >= 0.3 is 29.8 Å². The zero-order valence-corrected chi connectivity index (χ0v) is 46.6. The average Bonchev–Trinajstić information content (AvgIpc) is 3.46. The van der Waals surface area contributed by atoms with Gasteiger partial charge in [-0.2, -0.15) is 0 Å². The summed E-state index contributed by atoms with van der Waals surface area (Å²) in [6.45, 7) is 13.9. The Hall–Kier alpha value is -7.55. The minimum atomic E-state index is -0.303. The zero-order chi connectivity index (χ0) is 56.4. The second kappa shape index (κ2) is 41.8. The Morgan fingerprint density at radius 2 is 0.539 bits per heavy atom. The summed E-state index contributed by atoms with van der Waals surface area (Å²) in [5, 5.41) is 0. The lowest BCUT2D eigenvalue weighted by Gasteiger charge is -2.07. The number of methoxy groups -OCH3 is 5. The molecule has 416 valence electrons. The Morgan fingerprint density at radius 1 is 0.303 bits per heavy atom. The number of carbonyl (C=O) groups is 5. The number of esters is 5. The highest BCUT2D eigenvalue weighted by molar-refractivity contribution is 5.91. The summed E-state index contributed by atoms with van der Waals surface area (Å²) in [6, 6.07) is 34.5. The number of ether oxygens (including phenoxy) is 10. The van der Waals surface area contributed by atoms with E-state index in [9.17, 15) is 24.0 Å². The van der Waals surface area contributed by atoms with E-state index in [1.807, 2.05) is 20.8 Å². The van der Waals surface area contributed by atoms with Crippen molar-refractivity contribution in [2.45, 2.75) is 112 Å². The number of rotatable bonds is 25. The van der Waals surface area contributed by atoms with Gasteiger partial charge in [0.1, 0.15) is 28.7 Å². The third kappa shape index (κ3) is 29.4. The monoisotopic (exact) mass is 1050 g/mol. The van der Waals surface area contributed by atoms with Gasteiger partial charge in [-0.25, -0.2) is 24.0 Å². The second-order valence-corrected chi connectivity index (χ2v) is 16.8. The van der Waals surface area contributed by atoms with E-state index in [1.54, 1.807) is 157 Å². The Bertz CT molecular complexity index is 2310. The number of carbonyl (C=O) groups excluding carboxylic acids is 5. The van der Waals surface area contributed by atoms with Gasteiger partial charge in [0.2, 0.25) is 0 Å². The summed E-state index contributed by atoms with van der Waals surface area (Å²) in [4.78, 5) is 57.3. The fourth-order valence-corrected chi connectivity index (χ4v) is 5.97. The lowest BCUT2D eigenvalue weighted by atomic mass is 10.2. The number of unbranched alkanes of at least 4 members (excludes halogenated alkanes) is 6. The van der Waals surface area contributed by atoms with Gasteiger partial charge in [-0.3, -0.25) is 0 Å². The quantitative estimate of drug-likeness (QED) is 0.0306. The van der Waals surface area contributed by atoms with Gasteiger partial charge in [0.15, 0.2) is 0 Å². The molecule has 0 bridgehead atoms. The van der Waals surface area contributed by atoms with Crippen LogP contribution in [0.15, 0.2) is 121 Å². The normalized spacial score (nSPS) is 9.84.